The number of hydrogen-bond acceptors (Lipinski definition) is 3. The van der Waals surface area contributed by atoms with E-state index in [9.17, 15) is 9.18 Å². The third kappa shape index (κ3) is 6.94. The number of nitrogens with zero attached hydrogens (tertiary/aromatic N) is 2. The van der Waals surface area contributed by atoms with Gasteiger partial charge in [0.1, 0.15) is 18.1 Å². The Morgan fingerprint density at radius 1 is 1.00 bits per heavy atom. The SMILES string of the molecule is Cc1cccc(N(Cc2ccc(F)cc2)C(=O)O[C@H]2C[N+]3(CCCOc4ccccc4)CCC2CC3)c1.[Br-]. The number of piperidine rings is 3. The Hall–Kier alpha value is -2.90. The standard InChI is InChI=1S/C31H36FN2O3.BrH/c1-24-7-5-8-28(21-24)33(22-25-11-13-27(32)14-12-25)31(35)37-30-23-34(18-15-26(30)16-19-34)17-6-20-36-29-9-3-2-4-10-29;/h2-5,7-14,21,26,30H,6,15-20,22-23H2,1H3;1H/q+1;/p-1/t26?,30-,34?;/m0./s1. The first-order valence-electron chi connectivity index (χ1n) is 13.3. The van der Waals surface area contributed by atoms with Crippen molar-refractivity contribution in [1.29, 1.82) is 0 Å². The highest BCUT2D eigenvalue weighted by molar-refractivity contribution is 5.87. The summed E-state index contributed by atoms with van der Waals surface area (Å²) in [6.45, 7) is 7.20. The van der Waals surface area contributed by atoms with Gasteiger partial charge in [0.25, 0.3) is 0 Å². The van der Waals surface area contributed by atoms with Crippen LogP contribution in [0.4, 0.5) is 14.9 Å². The molecule has 3 saturated heterocycles. The molecule has 202 valence electrons. The topological polar surface area (TPSA) is 38.8 Å². The maximum absolute atomic E-state index is 13.6. The van der Waals surface area contributed by atoms with E-state index in [0.717, 1.165) is 72.5 Å². The van der Waals surface area contributed by atoms with Crippen LogP contribution in [0.2, 0.25) is 0 Å². The van der Waals surface area contributed by atoms with Crippen LogP contribution in [0.3, 0.4) is 0 Å². The summed E-state index contributed by atoms with van der Waals surface area (Å²) in [6.07, 6.45) is 2.71. The van der Waals surface area contributed by atoms with E-state index in [-0.39, 0.29) is 35.0 Å². The lowest BCUT2D eigenvalue weighted by molar-refractivity contribution is -0.946. The number of aryl methyl sites for hydroxylation is 1. The smallest absolute Gasteiger partial charge is 0.415 e. The zero-order valence-electron chi connectivity index (χ0n) is 21.9. The van der Waals surface area contributed by atoms with Crippen LogP contribution >= 0.6 is 0 Å². The molecule has 3 aliphatic rings. The predicted octanol–water partition coefficient (Wildman–Crippen LogP) is 3.36. The molecule has 0 spiro atoms. The summed E-state index contributed by atoms with van der Waals surface area (Å²) in [7, 11) is 0. The summed E-state index contributed by atoms with van der Waals surface area (Å²) in [5.41, 5.74) is 2.72. The summed E-state index contributed by atoms with van der Waals surface area (Å²) in [6, 6.07) is 24.1. The summed E-state index contributed by atoms with van der Waals surface area (Å²) >= 11 is 0. The number of rotatable bonds is 9. The molecule has 0 aliphatic carbocycles. The average molecular weight is 584 g/mol. The lowest BCUT2D eigenvalue weighted by Gasteiger charge is -2.52. The third-order valence-corrected chi connectivity index (χ3v) is 7.87. The van der Waals surface area contributed by atoms with Crippen LogP contribution in [0.25, 0.3) is 0 Å². The minimum atomic E-state index is -0.334. The molecule has 7 heteroatoms. The van der Waals surface area contributed by atoms with Crippen LogP contribution in [0.5, 0.6) is 5.75 Å². The molecule has 38 heavy (non-hydrogen) atoms. The molecule has 2 bridgehead atoms. The molecule has 0 radical (unpaired) electrons. The van der Waals surface area contributed by atoms with Crippen molar-refractivity contribution < 1.29 is 40.1 Å². The van der Waals surface area contributed by atoms with Gasteiger partial charge in [-0.05, 0) is 54.4 Å². The second-order valence-electron chi connectivity index (χ2n) is 10.5. The number of carbonyl (C=O) groups excluding carboxylic acids is 1. The minimum Gasteiger partial charge on any atom is -1.00 e. The molecule has 5 nitrogen and oxygen atoms in total. The van der Waals surface area contributed by atoms with Crippen molar-refractivity contribution in [3.63, 3.8) is 0 Å². The summed E-state index contributed by atoms with van der Waals surface area (Å²) in [5.74, 6) is 1.03. The third-order valence-electron chi connectivity index (χ3n) is 7.87. The fourth-order valence-electron chi connectivity index (χ4n) is 5.80. The van der Waals surface area contributed by atoms with Crippen molar-refractivity contribution in [1.82, 2.24) is 0 Å². The molecule has 3 fully saturated rings. The summed E-state index contributed by atoms with van der Waals surface area (Å²) in [5, 5.41) is 0. The van der Waals surface area contributed by atoms with Gasteiger partial charge in [-0.1, -0.05) is 42.5 Å². The molecule has 0 aromatic heterocycles. The van der Waals surface area contributed by atoms with Crippen molar-refractivity contribution in [2.45, 2.75) is 38.8 Å². The zero-order valence-corrected chi connectivity index (χ0v) is 23.5. The quantitative estimate of drug-likeness (QED) is 0.287. The molecule has 1 atom stereocenters. The normalized spacial score (nSPS) is 21.8. The van der Waals surface area contributed by atoms with Gasteiger partial charge >= 0.3 is 6.09 Å². The number of para-hydroxylation sites is 1. The van der Waals surface area contributed by atoms with Gasteiger partial charge in [0.05, 0.1) is 32.8 Å². The highest BCUT2D eigenvalue weighted by atomic mass is 79.9. The lowest BCUT2D eigenvalue weighted by Crippen LogP contribution is -3.00. The van der Waals surface area contributed by atoms with Gasteiger partial charge in [0.2, 0.25) is 0 Å². The van der Waals surface area contributed by atoms with E-state index in [1.54, 1.807) is 17.0 Å². The Labute approximate surface area is 235 Å². The fraction of sp³-hybridized carbons (Fsp3) is 0.387. The number of fused-ring (bicyclic) bond motifs is 3. The number of anilines is 1. The fourth-order valence-corrected chi connectivity index (χ4v) is 5.80. The number of hydrogen-bond donors (Lipinski definition) is 0. The Morgan fingerprint density at radius 3 is 2.45 bits per heavy atom. The molecule has 3 aromatic carbocycles. The molecular weight excluding hydrogens is 547 g/mol. The Balaban J connectivity index is 0.00000336. The van der Waals surface area contributed by atoms with Crippen LogP contribution in [-0.2, 0) is 11.3 Å². The van der Waals surface area contributed by atoms with Gasteiger partial charge < -0.3 is 30.9 Å². The zero-order chi connectivity index (χ0) is 25.7. The van der Waals surface area contributed by atoms with Gasteiger partial charge in [-0.3, -0.25) is 4.90 Å². The van der Waals surface area contributed by atoms with Gasteiger partial charge in [-0.25, -0.2) is 9.18 Å². The molecule has 0 unspecified atom stereocenters. The van der Waals surface area contributed by atoms with Gasteiger partial charge in [-0.2, -0.15) is 0 Å². The van der Waals surface area contributed by atoms with Crippen LogP contribution in [0, 0.1) is 18.7 Å². The maximum atomic E-state index is 13.6. The molecule has 6 rings (SSSR count). The van der Waals surface area contributed by atoms with Crippen molar-refractivity contribution in [3.05, 3.63) is 95.8 Å². The Bertz CT molecular complexity index is 1180. The summed E-state index contributed by atoms with van der Waals surface area (Å²) in [4.78, 5) is 15.3. The number of quaternary nitrogens is 1. The van der Waals surface area contributed by atoms with Crippen molar-refractivity contribution >= 4 is 11.8 Å². The molecule has 3 aliphatic heterocycles. The van der Waals surface area contributed by atoms with Gasteiger partial charge in [-0.15, -0.1) is 0 Å². The highest BCUT2D eigenvalue weighted by Gasteiger charge is 2.47. The minimum absolute atomic E-state index is 0. The van der Waals surface area contributed by atoms with Crippen molar-refractivity contribution in [2.75, 3.05) is 37.7 Å². The van der Waals surface area contributed by atoms with E-state index in [1.165, 1.54) is 12.1 Å². The van der Waals surface area contributed by atoms with E-state index in [0.29, 0.717) is 19.1 Å². The molecule has 3 aromatic rings. The van der Waals surface area contributed by atoms with Gasteiger partial charge in [0.15, 0.2) is 6.10 Å². The van der Waals surface area contributed by atoms with Crippen molar-refractivity contribution in [3.8, 4) is 5.75 Å². The molecule has 0 saturated carbocycles. The second kappa shape index (κ2) is 12.8. The van der Waals surface area contributed by atoms with Crippen LogP contribution in [0.15, 0.2) is 78.9 Å². The van der Waals surface area contributed by atoms with E-state index >= 15 is 0 Å². The highest BCUT2D eigenvalue weighted by Crippen LogP contribution is 2.36. The van der Waals surface area contributed by atoms with Gasteiger partial charge in [0, 0.05) is 30.9 Å². The van der Waals surface area contributed by atoms with Crippen LogP contribution < -0.4 is 26.6 Å². The molecular formula is C31H36BrFN2O3. The molecule has 1 amide bonds. The Kier molecular flexibility index (Phi) is 9.44. The number of halogens is 2. The van der Waals surface area contributed by atoms with E-state index in [1.807, 2.05) is 61.5 Å². The first-order chi connectivity index (χ1) is 18.0. The largest absolute Gasteiger partial charge is 1.00 e. The number of benzene rings is 3. The summed E-state index contributed by atoms with van der Waals surface area (Å²) < 4.78 is 26.6. The first kappa shape index (κ1) is 28.1. The maximum Gasteiger partial charge on any atom is 0.415 e. The van der Waals surface area contributed by atoms with E-state index in [2.05, 4.69) is 0 Å². The molecule has 0 N–H and O–H groups in total. The van der Waals surface area contributed by atoms with Crippen LogP contribution in [0.1, 0.15) is 30.4 Å². The van der Waals surface area contributed by atoms with E-state index < -0.39 is 0 Å². The van der Waals surface area contributed by atoms with Crippen molar-refractivity contribution in [2.24, 2.45) is 5.92 Å². The number of carbonyl (C=O) groups is 1. The predicted molar refractivity (Wildman–Crippen MR) is 143 cm³/mol. The molecule has 3 heterocycles. The van der Waals surface area contributed by atoms with E-state index in [4.69, 9.17) is 9.47 Å². The average Bonchev–Trinajstić information content (AvgIpc) is 2.92. The lowest BCUT2D eigenvalue weighted by atomic mass is 9.83. The second-order valence-corrected chi connectivity index (χ2v) is 10.5. The number of ether oxygens (including phenoxy) is 2. The Morgan fingerprint density at radius 2 is 1.74 bits per heavy atom. The first-order valence-corrected chi connectivity index (χ1v) is 13.3. The number of amides is 1. The monoisotopic (exact) mass is 582 g/mol. The van der Waals surface area contributed by atoms with Crippen LogP contribution in [-0.4, -0.2) is 49.5 Å².